The first-order valence-electron chi connectivity index (χ1n) is 11.3. The molecule has 0 aliphatic heterocycles. The minimum absolute atomic E-state index is 1.07. The van der Waals surface area contributed by atoms with E-state index in [-0.39, 0.29) is 0 Å². The van der Waals surface area contributed by atoms with Crippen molar-refractivity contribution in [2.45, 2.75) is 6.92 Å². The molecule has 0 nitrogen and oxygen atoms in total. The van der Waals surface area contributed by atoms with Crippen LogP contribution in [0.4, 0.5) is 0 Å². The Morgan fingerprint density at radius 1 is 0.394 bits per heavy atom. The lowest BCUT2D eigenvalue weighted by molar-refractivity contribution is 1.53. The van der Waals surface area contributed by atoms with Crippen LogP contribution in [0.2, 0.25) is 0 Å². The molecule has 5 rings (SSSR count). The highest BCUT2D eigenvalue weighted by Crippen LogP contribution is 2.33. The number of rotatable bonds is 5. The number of hydrogen-bond acceptors (Lipinski definition) is 0. The van der Waals surface area contributed by atoms with E-state index < -0.39 is 0 Å². The van der Waals surface area contributed by atoms with Gasteiger partial charge in [0.1, 0.15) is 0 Å². The van der Waals surface area contributed by atoms with Crippen LogP contribution < -0.4 is 0 Å². The van der Waals surface area contributed by atoms with Gasteiger partial charge in [-0.15, -0.1) is 0 Å². The van der Waals surface area contributed by atoms with Crippen molar-refractivity contribution in [2.75, 3.05) is 0 Å². The Morgan fingerprint density at radius 2 is 0.697 bits per heavy atom. The highest BCUT2D eigenvalue weighted by molar-refractivity contribution is 5.81. The molecule has 0 bridgehead atoms. The molecule has 33 heavy (non-hydrogen) atoms. The molecule has 0 aromatic heterocycles. The molecule has 0 saturated carbocycles. The van der Waals surface area contributed by atoms with Crippen molar-refractivity contribution in [1.82, 2.24) is 0 Å². The third-order valence-corrected chi connectivity index (χ3v) is 6.08. The Bertz CT molecular complexity index is 1270. The van der Waals surface area contributed by atoms with Gasteiger partial charge in [0.05, 0.1) is 0 Å². The van der Waals surface area contributed by atoms with Gasteiger partial charge in [0.15, 0.2) is 0 Å². The van der Waals surface area contributed by atoms with Crippen molar-refractivity contribution in [1.29, 1.82) is 0 Å². The highest BCUT2D eigenvalue weighted by Gasteiger charge is 2.08. The summed E-state index contributed by atoms with van der Waals surface area (Å²) in [5, 5.41) is 0. The lowest BCUT2D eigenvalue weighted by Crippen LogP contribution is -1.88. The van der Waals surface area contributed by atoms with Gasteiger partial charge in [-0.2, -0.15) is 0 Å². The summed E-state index contributed by atoms with van der Waals surface area (Å²) < 4.78 is 0. The molecule has 0 spiro atoms. The number of benzene rings is 5. The van der Waals surface area contributed by atoms with E-state index in [1.165, 1.54) is 50.1 Å². The predicted molar refractivity (Wildman–Crippen MR) is 143 cm³/mol. The third-order valence-electron chi connectivity index (χ3n) is 6.08. The van der Waals surface area contributed by atoms with E-state index in [1.807, 2.05) is 0 Å². The van der Waals surface area contributed by atoms with Gasteiger partial charge < -0.3 is 0 Å². The third kappa shape index (κ3) is 4.56. The largest absolute Gasteiger partial charge is 0.0955 e. The van der Waals surface area contributed by atoms with Crippen LogP contribution in [0.3, 0.4) is 0 Å². The fourth-order valence-electron chi connectivity index (χ4n) is 4.18. The van der Waals surface area contributed by atoms with Crippen molar-refractivity contribution < 1.29 is 0 Å². The molecular weight excluding hydrogens is 396 g/mol. The van der Waals surface area contributed by atoms with Crippen molar-refractivity contribution in [2.24, 2.45) is 0 Å². The summed E-state index contributed by atoms with van der Waals surface area (Å²) in [5.74, 6) is 0. The van der Waals surface area contributed by atoms with Crippen LogP contribution in [0.15, 0.2) is 134 Å². The first kappa shape index (κ1) is 20.7. The molecule has 0 heteroatoms. The SMILES string of the molecule is C=C(C)c1cc(-c2ccc(-c3ccccc3)cc2)cc(-c2ccc(-c3ccccc3)cc2)c1. The Morgan fingerprint density at radius 3 is 1.03 bits per heavy atom. The van der Waals surface area contributed by atoms with Crippen LogP contribution in [0.1, 0.15) is 12.5 Å². The van der Waals surface area contributed by atoms with Crippen LogP contribution in [-0.2, 0) is 0 Å². The summed E-state index contributed by atoms with van der Waals surface area (Å²) in [6, 6.07) is 45.4. The van der Waals surface area contributed by atoms with E-state index >= 15 is 0 Å². The van der Waals surface area contributed by atoms with E-state index in [0.29, 0.717) is 0 Å². The molecule has 0 atom stereocenters. The summed E-state index contributed by atoms with van der Waals surface area (Å²) >= 11 is 0. The molecule has 5 aromatic carbocycles. The van der Waals surface area contributed by atoms with Gasteiger partial charge in [-0.25, -0.2) is 0 Å². The topological polar surface area (TPSA) is 0 Å². The molecule has 0 saturated heterocycles. The minimum atomic E-state index is 1.07. The first-order chi connectivity index (χ1) is 16.2. The second-order valence-electron chi connectivity index (χ2n) is 8.47. The van der Waals surface area contributed by atoms with Gasteiger partial charge in [-0.3, -0.25) is 0 Å². The van der Waals surface area contributed by atoms with Crippen LogP contribution >= 0.6 is 0 Å². The zero-order valence-corrected chi connectivity index (χ0v) is 18.8. The van der Waals surface area contributed by atoms with Crippen LogP contribution in [-0.4, -0.2) is 0 Å². The summed E-state index contributed by atoms with van der Waals surface area (Å²) in [7, 11) is 0. The first-order valence-corrected chi connectivity index (χ1v) is 11.3. The second-order valence-corrected chi connectivity index (χ2v) is 8.47. The van der Waals surface area contributed by atoms with Crippen molar-refractivity contribution >= 4 is 5.57 Å². The molecule has 5 aromatic rings. The summed E-state index contributed by atoms with van der Waals surface area (Å²) in [6.07, 6.45) is 0. The Labute approximate surface area is 196 Å². The molecular formula is C33H26. The number of hydrogen-bond donors (Lipinski definition) is 0. The van der Waals surface area contributed by atoms with E-state index in [2.05, 4.69) is 141 Å². The average molecular weight is 423 g/mol. The minimum Gasteiger partial charge on any atom is -0.0955 e. The van der Waals surface area contributed by atoms with Gasteiger partial charge >= 0.3 is 0 Å². The van der Waals surface area contributed by atoms with Crippen molar-refractivity contribution in [3.8, 4) is 44.5 Å². The fraction of sp³-hybridized carbons (Fsp3) is 0.0303. The monoisotopic (exact) mass is 422 g/mol. The molecule has 158 valence electrons. The van der Waals surface area contributed by atoms with Crippen LogP contribution in [0.25, 0.3) is 50.1 Å². The van der Waals surface area contributed by atoms with Gasteiger partial charge in [0.2, 0.25) is 0 Å². The van der Waals surface area contributed by atoms with Gasteiger partial charge in [0, 0.05) is 0 Å². The Hall–Kier alpha value is -4.16. The maximum Gasteiger partial charge on any atom is -0.0172 e. The van der Waals surface area contributed by atoms with Crippen LogP contribution in [0, 0.1) is 0 Å². The van der Waals surface area contributed by atoms with E-state index in [4.69, 9.17) is 0 Å². The highest BCUT2D eigenvalue weighted by atomic mass is 14.1. The summed E-state index contributed by atoms with van der Waals surface area (Å²) in [4.78, 5) is 0. The zero-order chi connectivity index (χ0) is 22.6. The Kier molecular flexibility index (Phi) is 5.74. The van der Waals surface area contributed by atoms with Crippen LogP contribution in [0.5, 0.6) is 0 Å². The second kappa shape index (κ2) is 9.14. The summed E-state index contributed by atoms with van der Waals surface area (Å²) in [6.45, 7) is 6.27. The predicted octanol–water partition coefficient (Wildman–Crippen LogP) is 9.39. The number of allylic oxidation sites excluding steroid dienone is 1. The summed E-state index contributed by atoms with van der Waals surface area (Å²) in [5.41, 5.74) is 12.0. The standard InChI is InChI=1S/C33H26/c1-24(2)31-21-32(29-17-13-27(14-18-29)25-9-5-3-6-10-25)23-33(22-31)30-19-15-28(16-20-30)26-11-7-4-8-12-26/h3-23H,1H2,2H3. The maximum absolute atomic E-state index is 4.20. The molecule has 0 fully saturated rings. The van der Waals surface area contributed by atoms with E-state index in [9.17, 15) is 0 Å². The molecule has 0 aliphatic rings. The molecule has 0 N–H and O–H groups in total. The van der Waals surface area contributed by atoms with Gasteiger partial charge in [0.25, 0.3) is 0 Å². The molecule has 0 heterocycles. The molecule has 0 amide bonds. The lowest BCUT2D eigenvalue weighted by atomic mass is 9.92. The fourth-order valence-corrected chi connectivity index (χ4v) is 4.18. The molecule has 0 radical (unpaired) electrons. The average Bonchev–Trinajstić information content (AvgIpc) is 2.89. The lowest BCUT2D eigenvalue weighted by Gasteiger charge is -2.12. The smallest absolute Gasteiger partial charge is 0.0172 e. The van der Waals surface area contributed by atoms with Gasteiger partial charge in [-0.1, -0.05) is 121 Å². The van der Waals surface area contributed by atoms with E-state index in [1.54, 1.807) is 0 Å². The van der Waals surface area contributed by atoms with Gasteiger partial charge in [-0.05, 0) is 75.2 Å². The quantitative estimate of drug-likeness (QED) is 0.265. The van der Waals surface area contributed by atoms with Crippen molar-refractivity contribution in [3.05, 3.63) is 140 Å². The maximum atomic E-state index is 4.20. The normalized spacial score (nSPS) is 10.7. The molecule has 0 unspecified atom stereocenters. The molecule has 0 aliphatic carbocycles. The van der Waals surface area contributed by atoms with E-state index in [0.717, 1.165) is 5.57 Å². The zero-order valence-electron chi connectivity index (χ0n) is 18.8. The van der Waals surface area contributed by atoms with Crippen molar-refractivity contribution in [3.63, 3.8) is 0 Å². The Balaban J connectivity index is 1.51.